The van der Waals surface area contributed by atoms with Crippen LogP contribution in [0.3, 0.4) is 0 Å². The van der Waals surface area contributed by atoms with E-state index in [9.17, 15) is 4.79 Å². The lowest BCUT2D eigenvalue weighted by molar-refractivity contribution is -0.123. The molecule has 0 aliphatic heterocycles. The Kier molecular flexibility index (Phi) is 5.10. The van der Waals surface area contributed by atoms with Gasteiger partial charge in [0.15, 0.2) is 6.61 Å². The highest BCUT2D eigenvalue weighted by molar-refractivity contribution is 5.82. The number of rotatable bonds is 5. The number of aryl methyl sites for hydroxylation is 2. The van der Waals surface area contributed by atoms with Crippen molar-refractivity contribution < 1.29 is 9.53 Å². The average Bonchev–Trinajstić information content (AvgIpc) is 2.47. The fraction of sp³-hybridized carbons (Fsp3) is 0.176. The van der Waals surface area contributed by atoms with Crippen molar-refractivity contribution in [2.45, 2.75) is 13.8 Å². The van der Waals surface area contributed by atoms with E-state index >= 15 is 0 Å². The van der Waals surface area contributed by atoms with E-state index in [4.69, 9.17) is 4.74 Å². The van der Waals surface area contributed by atoms with Crippen molar-refractivity contribution in [2.75, 3.05) is 6.61 Å². The van der Waals surface area contributed by atoms with Crippen LogP contribution in [0.25, 0.3) is 0 Å². The molecular weight excluding hydrogens is 264 g/mol. The van der Waals surface area contributed by atoms with Gasteiger partial charge in [-0.1, -0.05) is 48.0 Å². The van der Waals surface area contributed by atoms with Gasteiger partial charge in [0.1, 0.15) is 5.75 Å². The number of carbonyl (C=O) groups excluding carboxylic acids is 1. The van der Waals surface area contributed by atoms with Crippen LogP contribution in [0, 0.1) is 13.8 Å². The molecule has 0 aliphatic carbocycles. The molecule has 0 heterocycles. The minimum absolute atomic E-state index is 0.0595. The molecule has 4 heteroatoms. The van der Waals surface area contributed by atoms with Gasteiger partial charge in [-0.2, -0.15) is 5.10 Å². The van der Waals surface area contributed by atoms with Crippen LogP contribution >= 0.6 is 0 Å². The third-order valence-corrected chi connectivity index (χ3v) is 2.89. The molecular formula is C17H18N2O2. The second-order valence-electron chi connectivity index (χ2n) is 4.76. The quantitative estimate of drug-likeness (QED) is 0.677. The topological polar surface area (TPSA) is 50.7 Å². The maximum Gasteiger partial charge on any atom is 0.277 e. The SMILES string of the molecule is Cc1ccc(OCC(=O)N/N=C\c2ccccc2)c(C)c1. The molecule has 2 aromatic carbocycles. The van der Waals surface area contributed by atoms with Crippen molar-refractivity contribution in [1.82, 2.24) is 5.43 Å². The number of nitrogens with one attached hydrogen (secondary N) is 1. The third kappa shape index (κ3) is 4.76. The van der Waals surface area contributed by atoms with Crippen molar-refractivity contribution in [3.05, 3.63) is 65.2 Å². The van der Waals surface area contributed by atoms with Gasteiger partial charge in [-0.05, 0) is 31.0 Å². The van der Waals surface area contributed by atoms with Crippen LogP contribution in [0.15, 0.2) is 53.6 Å². The van der Waals surface area contributed by atoms with Crippen molar-refractivity contribution in [3.8, 4) is 5.75 Å². The monoisotopic (exact) mass is 282 g/mol. The smallest absolute Gasteiger partial charge is 0.277 e. The first-order chi connectivity index (χ1) is 10.1. The molecule has 0 saturated heterocycles. The van der Waals surface area contributed by atoms with E-state index in [0.717, 1.165) is 16.7 Å². The molecule has 0 spiro atoms. The molecule has 0 radical (unpaired) electrons. The molecule has 1 N–H and O–H groups in total. The van der Waals surface area contributed by atoms with Crippen molar-refractivity contribution in [2.24, 2.45) is 5.10 Å². The number of nitrogens with zero attached hydrogens (tertiary/aromatic N) is 1. The first-order valence-corrected chi connectivity index (χ1v) is 6.72. The van der Waals surface area contributed by atoms with Crippen molar-refractivity contribution in [3.63, 3.8) is 0 Å². The summed E-state index contributed by atoms with van der Waals surface area (Å²) in [4.78, 5) is 11.6. The number of hydrogen-bond acceptors (Lipinski definition) is 3. The van der Waals surface area contributed by atoms with Crippen LogP contribution in [0.2, 0.25) is 0 Å². The van der Waals surface area contributed by atoms with E-state index in [0.29, 0.717) is 5.75 Å². The van der Waals surface area contributed by atoms with Crippen LogP contribution in [0.1, 0.15) is 16.7 Å². The fourth-order valence-electron chi connectivity index (χ4n) is 1.85. The summed E-state index contributed by atoms with van der Waals surface area (Å²) in [5.74, 6) is 0.421. The molecule has 0 saturated carbocycles. The molecule has 2 rings (SSSR count). The minimum Gasteiger partial charge on any atom is -0.483 e. The zero-order chi connectivity index (χ0) is 15.1. The van der Waals surface area contributed by atoms with Gasteiger partial charge in [-0.25, -0.2) is 5.43 Å². The van der Waals surface area contributed by atoms with E-state index in [1.165, 1.54) is 0 Å². The third-order valence-electron chi connectivity index (χ3n) is 2.89. The van der Waals surface area contributed by atoms with Gasteiger partial charge in [-0.15, -0.1) is 0 Å². The molecule has 0 unspecified atom stereocenters. The van der Waals surface area contributed by atoms with Crippen LogP contribution in [0.4, 0.5) is 0 Å². The Labute approximate surface area is 124 Å². The number of hydrogen-bond donors (Lipinski definition) is 1. The predicted octanol–water partition coefficient (Wildman–Crippen LogP) is 2.83. The summed E-state index contributed by atoms with van der Waals surface area (Å²) < 4.78 is 5.47. The van der Waals surface area contributed by atoms with Crippen LogP contribution in [-0.4, -0.2) is 18.7 Å². The second-order valence-corrected chi connectivity index (χ2v) is 4.76. The summed E-state index contributed by atoms with van der Waals surface area (Å²) in [5, 5.41) is 3.89. The molecule has 0 aromatic heterocycles. The first-order valence-electron chi connectivity index (χ1n) is 6.72. The first kappa shape index (κ1) is 14.8. The Hall–Kier alpha value is -2.62. The highest BCUT2D eigenvalue weighted by Gasteiger charge is 2.03. The Bertz CT molecular complexity index is 636. The van der Waals surface area contributed by atoms with Gasteiger partial charge in [0.25, 0.3) is 5.91 Å². The number of amides is 1. The lowest BCUT2D eigenvalue weighted by atomic mass is 10.1. The second kappa shape index (κ2) is 7.24. The molecule has 4 nitrogen and oxygen atoms in total. The minimum atomic E-state index is -0.290. The summed E-state index contributed by atoms with van der Waals surface area (Å²) in [6, 6.07) is 15.4. The molecule has 0 atom stereocenters. The average molecular weight is 282 g/mol. The summed E-state index contributed by atoms with van der Waals surface area (Å²) in [6.45, 7) is 3.91. The largest absolute Gasteiger partial charge is 0.483 e. The van der Waals surface area contributed by atoms with E-state index in [2.05, 4.69) is 10.5 Å². The summed E-state index contributed by atoms with van der Waals surface area (Å²) in [7, 11) is 0. The van der Waals surface area contributed by atoms with Crippen molar-refractivity contribution >= 4 is 12.1 Å². The summed E-state index contributed by atoms with van der Waals surface area (Å²) in [5.41, 5.74) is 5.54. The van der Waals surface area contributed by atoms with Crippen LogP contribution in [0.5, 0.6) is 5.75 Å². The Morgan fingerprint density at radius 3 is 2.67 bits per heavy atom. The number of benzene rings is 2. The molecule has 21 heavy (non-hydrogen) atoms. The van der Waals surface area contributed by atoms with Crippen molar-refractivity contribution in [1.29, 1.82) is 0 Å². The normalized spacial score (nSPS) is 10.6. The highest BCUT2D eigenvalue weighted by Crippen LogP contribution is 2.18. The van der Waals surface area contributed by atoms with Crippen LogP contribution < -0.4 is 10.2 Å². The van der Waals surface area contributed by atoms with Gasteiger partial charge in [0.2, 0.25) is 0 Å². The van der Waals surface area contributed by atoms with Gasteiger partial charge in [0.05, 0.1) is 6.21 Å². The Morgan fingerprint density at radius 1 is 1.19 bits per heavy atom. The fourth-order valence-corrected chi connectivity index (χ4v) is 1.85. The van der Waals surface area contributed by atoms with Gasteiger partial charge >= 0.3 is 0 Å². The summed E-state index contributed by atoms with van der Waals surface area (Å²) >= 11 is 0. The zero-order valence-corrected chi connectivity index (χ0v) is 12.2. The lowest BCUT2D eigenvalue weighted by Gasteiger charge is -2.08. The number of ether oxygens (including phenoxy) is 1. The molecule has 2 aromatic rings. The zero-order valence-electron chi connectivity index (χ0n) is 12.2. The molecule has 0 aliphatic rings. The Morgan fingerprint density at radius 2 is 1.95 bits per heavy atom. The maximum atomic E-state index is 11.6. The van der Waals surface area contributed by atoms with E-state index in [-0.39, 0.29) is 12.5 Å². The van der Waals surface area contributed by atoms with Crippen LogP contribution in [-0.2, 0) is 4.79 Å². The molecule has 108 valence electrons. The number of hydrazone groups is 1. The highest BCUT2D eigenvalue weighted by atomic mass is 16.5. The number of carbonyl (C=O) groups is 1. The Balaban J connectivity index is 1.81. The van der Waals surface area contributed by atoms with E-state index < -0.39 is 0 Å². The summed E-state index contributed by atoms with van der Waals surface area (Å²) in [6.07, 6.45) is 1.59. The van der Waals surface area contributed by atoms with Gasteiger partial charge in [0, 0.05) is 0 Å². The maximum absolute atomic E-state index is 11.6. The standard InChI is InChI=1S/C17H18N2O2/c1-13-8-9-16(14(2)10-13)21-12-17(20)19-18-11-15-6-4-3-5-7-15/h3-11H,12H2,1-2H3,(H,19,20)/b18-11-. The molecule has 0 bridgehead atoms. The van der Waals surface area contributed by atoms with E-state index in [1.807, 2.05) is 62.4 Å². The molecule has 1 amide bonds. The molecule has 0 fully saturated rings. The van der Waals surface area contributed by atoms with E-state index in [1.54, 1.807) is 6.21 Å². The predicted molar refractivity (Wildman–Crippen MR) is 83.6 cm³/mol. The van der Waals surface area contributed by atoms with Gasteiger partial charge in [-0.3, -0.25) is 4.79 Å². The van der Waals surface area contributed by atoms with Gasteiger partial charge < -0.3 is 4.74 Å². The lowest BCUT2D eigenvalue weighted by Crippen LogP contribution is -2.24.